The molecule has 1 amide bonds. The highest BCUT2D eigenvalue weighted by Gasteiger charge is 2.26. The number of hydrogen-bond donors (Lipinski definition) is 2. The summed E-state index contributed by atoms with van der Waals surface area (Å²) in [6.07, 6.45) is 6.06. The predicted octanol–water partition coefficient (Wildman–Crippen LogP) is 5.65. The number of hydrogen-bond acceptors (Lipinski definition) is 5. The van der Waals surface area contributed by atoms with E-state index in [4.69, 9.17) is 9.15 Å². The van der Waals surface area contributed by atoms with Crippen LogP contribution in [0.3, 0.4) is 0 Å². The fourth-order valence-corrected chi connectivity index (χ4v) is 6.08. The number of rotatable bonds is 8. The maximum Gasteiger partial charge on any atom is 0.225 e. The molecule has 1 atom stereocenters. The smallest absolute Gasteiger partial charge is 0.225 e. The zero-order valence-corrected chi connectivity index (χ0v) is 23.7. The van der Waals surface area contributed by atoms with Gasteiger partial charge in [-0.15, -0.1) is 0 Å². The molecule has 7 nitrogen and oxygen atoms in total. The molecule has 0 saturated carbocycles. The normalized spacial score (nSPS) is 17.3. The van der Waals surface area contributed by atoms with Gasteiger partial charge in [0.2, 0.25) is 5.91 Å². The van der Waals surface area contributed by atoms with E-state index < -0.39 is 0 Å². The van der Waals surface area contributed by atoms with E-state index in [0.29, 0.717) is 6.42 Å². The molecular weight excluding hydrogens is 500 g/mol. The predicted molar refractivity (Wildman–Crippen MR) is 159 cm³/mol. The number of anilines is 1. The van der Waals surface area contributed by atoms with Gasteiger partial charge in [0.05, 0.1) is 19.6 Å². The number of H-pyrrole nitrogens is 1. The van der Waals surface area contributed by atoms with Crippen LogP contribution in [0.2, 0.25) is 0 Å². The van der Waals surface area contributed by atoms with Gasteiger partial charge in [-0.05, 0) is 80.1 Å². The molecule has 2 N–H and O–H groups in total. The maximum atomic E-state index is 13.6. The van der Waals surface area contributed by atoms with E-state index in [2.05, 4.69) is 63.6 Å². The number of nitrogens with one attached hydrogen (secondary N) is 2. The van der Waals surface area contributed by atoms with Crippen molar-refractivity contribution in [2.75, 3.05) is 44.3 Å². The van der Waals surface area contributed by atoms with Crippen molar-refractivity contribution in [3.63, 3.8) is 0 Å². The van der Waals surface area contributed by atoms with Crippen molar-refractivity contribution in [1.82, 2.24) is 15.2 Å². The molecule has 2 aliphatic rings. The van der Waals surface area contributed by atoms with E-state index in [0.717, 1.165) is 74.1 Å². The second-order valence-electron chi connectivity index (χ2n) is 11.3. The number of piperidine rings is 1. The molecule has 2 aliphatic heterocycles. The van der Waals surface area contributed by atoms with Crippen molar-refractivity contribution in [2.24, 2.45) is 0 Å². The van der Waals surface area contributed by atoms with Crippen LogP contribution in [0.5, 0.6) is 0 Å². The van der Waals surface area contributed by atoms with Crippen molar-refractivity contribution < 1.29 is 13.9 Å². The summed E-state index contributed by atoms with van der Waals surface area (Å²) in [7, 11) is 0. The molecule has 0 spiro atoms. The summed E-state index contributed by atoms with van der Waals surface area (Å²) in [6.45, 7) is 10.5. The zero-order chi connectivity index (χ0) is 27.5. The number of aromatic nitrogens is 1. The zero-order valence-electron chi connectivity index (χ0n) is 23.7. The van der Waals surface area contributed by atoms with Gasteiger partial charge in [0.25, 0.3) is 0 Å². The van der Waals surface area contributed by atoms with Crippen LogP contribution < -0.4 is 10.2 Å². The Hall–Kier alpha value is -3.55. The quantitative estimate of drug-likeness (QED) is 0.302. The molecule has 2 aromatic heterocycles. The van der Waals surface area contributed by atoms with Gasteiger partial charge in [-0.25, -0.2) is 0 Å². The van der Waals surface area contributed by atoms with Crippen LogP contribution in [0, 0.1) is 13.8 Å². The Balaban J connectivity index is 1.25. The van der Waals surface area contributed by atoms with E-state index in [-0.39, 0.29) is 11.9 Å². The van der Waals surface area contributed by atoms with Crippen LogP contribution in [0.1, 0.15) is 59.1 Å². The fraction of sp³-hybridized carbons (Fsp3) is 0.424. The first-order valence-electron chi connectivity index (χ1n) is 14.6. The topological polar surface area (TPSA) is 73.7 Å². The third-order valence-electron chi connectivity index (χ3n) is 8.24. The lowest BCUT2D eigenvalue weighted by Gasteiger charge is -2.32. The van der Waals surface area contributed by atoms with E-state index in [9.17, 15) is 4.79 Å². The van der Waals surface area contributed by atoms with Crippen molar-refractivity contribution in [3.05, 3.63) is 88.5 Å². The second-order valence-corrected chi connectivity index (χ2v) is 11.3. The molecule has 4 aromatic rings. The van der Waals surface area contributed by atoms with Gasteiger partial charge in [0.1, 0.15) is 17.6 Å². The lowest BCUT2D eigenvalue weighted by Crippen LogP contribution is -2.35. The molecule has 1 unspecified atom stereocenters. The molecule has 2 aromatic carbocycles. The number of carbonyl (C=O) groups is 1. The van der Waals surface area contributed by atoms with Gasteiger partial charge in [-0.2, -0.15) is 0 Å². The molecule has 40 heavy (non-hydrogen) atoms. The number of benzene rings is 2. The Labute approximate surface area is 236 Å². The molecular formula is C33H40N4O3. The Kier molecular flexibility index (Phi) is 7.93. The van der Waals surface area contributed by atoms with Crippen LogP contribution in [0.15, 0.2) is 59.1 Å². The van der Waals surface area contributed by atoms with E-state index >= 15 is 0 Å². The Morgan fingerprint density at radius 2 is 1.80 bits per heavy atom. The SMILES string of the molecule is Cc1ccc(C(NC(=O)Cc2ccc3[nH]cc(CN4CCOCC4)c3c2)c2ccc(C)o2)c(N2CCCCC2)c1. The molecule has 210 valence electrons. The summed E-state index contributed by atoms with van der Waals surface area (Å²) in [5.41, 5.74) is 6.86. The highest BCUT2D eigenvalue weighted by molar-refractivity contribution is 5.86. The molecule has 2 fully saturated rings. The van der Waals surface area contributed by atoms with Crippen molar-refractivity contribution in [3.8, 4) is 0 Å². The summed E-state index contributed by atoms with van der Waals surface area (Å²) < 4.78 is 11.6. The van der Waals surface area contributed by atoms with Gasteiger partial charge >= 0.3 is 0 Å². The first-order chi connectivity index (χ1) is 19.5. The number of ether oxygens (including phenoxy) is 1. The third kappa shape index (κ3) is 5.96. The number of morpholine rings is 1. The molecule has 0 aliphatic carbocycles. The summed E-state index contributed by atoms with van der Waals surface area (Å²) in [6, 6.07) is 16.5. The van der Waals surface area contributed by atoms with Crippen molar-refractivity contribution in [2.45, 2.75) is 52.1 Å². The number of nitrogens with zero attached hydrogens (tertiary/aromatic N) is 2. The van der Waals surface area contributed by atoms with E-state index in [1.807, 2.05) is 25.1 Å². The number of carbonyl (C=O) groups excluding carboxylic acids is 1. The molecule has 0 bridgehead atoms. The maximum absolute atomic E-state index is 13.6. The minimum atomic E-state index is -0.355. The number of aromatic amines is 1. The Morgan fingerprint density at radius 1 is 0.975 bits per heavy atom. The number of furan rings is 1. The van der Waals surface area contributed by atoms with Crippen molar-refractivity contribution in [1.29, 1.82) is 0 Å². The average molecular weight is 541 g/mol. The van der Waals surface area contributed by atoms with E-state index in [1.165, 1.54) is 41.5 Å². The summed E-state index contributed by atoms with van der Waals surface area (Å²) >= 11 is 0. The number of fused-ring (bicyclic) bond motifs is 1. The number of aryl methyl sites for hydroxylation is 2. The summed E-state index contributed by atoms with van der Waals surface area (Å²) in [4.78, 5) is 21.9. The first kappa shape index (κ1) is 26.7. The van der Waals surface area contributed by atoms with Gasteiger partial charge in [-0.1, -0.05) is 18.2 Å². The highest BCUT2D eigenvalue weighted by Crippen LogP contribution is 2.34. The third-order valence-corrected chi connectivity index (χ3v) is 8.24. The molecule has 7 heteroatoms. The van der Waals surface area contributed by atoms with Crippen LogP contribution in [-0.4, -0.2) is 55.2 Å². The van der Waals surface area contributed by atoms with Gasteiger partial charge in [0.15, 0.2) is 0 Å². The molecule has 4 heterocycles. The molecule has 0 radical (unpaired) electrons. The fourth-order valence-electron chi connectivity index (χ4n) is 6.08. The van der Waals surface area contributed by atoms with Crippen LogP contribution >= 0.6 is 0 Å². The van der Waals surface area contributed by atoms with Gasteiger partial charge in [-0.3, -0.25) is 9.69 Å². The number of amides is 1. The Morgan fingerprint density at radius 3 is 2.58 bits per heavy atom. The average Bonchev–Trinajstić information content (AvgIpc) is 3.58. The van der Waals surface area contributed by atoms with Crippen LogP contribution in [0.4, 0.5) is 5.69 Å². The largest absolute Gasteiger partial charge is 0.464 e. The van der Waals surface area contributed by atoms with Gasteiger partial charge < -0.3 is 24.4 Å². The summed E-state index contributed by atoms with van der Waals surface area (Å²) in [5, 5.41) is 4.52. The minimum absolute atomic E-state index is 0.0196. The summed E-state index contributed by atoms with van der Waals surface area (Å²) in [5.74, 6) is 1.59. The van der Waals surface area contributed by atoms with Gasteiger partial charge in [0, 0.05) is 61.1 Å². The monoisotopic (exact) mass is 540 g/mol. The molecule has 6 rings (SSSR count). The Bertz CT molecular complexity index is 1460. The van der Waals surface area contributed by atoms with Crippen molar-refractivity contribution >= 4 is 22.5 Å². The molecule has 2 saturated heterocycles. The van der Waals surface area contributed by atoms with Crippen LogP contribution in [0.25, 0.3) is 10.9 Å². The van der Waals surface area contributed by atoms with Crippen LogP contribution in [-0.2, 0) is 22.5 Å². The van der Waals surface area contributed by atoms with E-state index in [1.54, 1.807) is 0 Å². The first-order valence-corrected chi connectivity index (χ1v) is 14.6. The minimum Gasteiger partial charge on any atom is -0.464 e. The lowest BCUT2D eigenvalue weighted by atomic mass is 9.97. The second kappa shape index (κ2) is 11.9. The lowest BCUT2D eigenvalue weighted by molar-refractivity contribution is -0.121. The standard InChI is InChI=1S/C33H40N4O3/c1-23-6-9-27(30(18-23)37-12-4-3-5-13-37)33(31-11-7-24(2)40-31)35-32(38)20-25-8-10-29-28(19-25)26(21-34-29)22-36-14-16-39-17-15-36/h6-11,18-19,21,33-34H,3-5,12-17,20,22H2,1-2H3,(H,35,38). The highest BCUT2D eigenvalue weighted by atomic mass is 16.5.